The largest absolute Gasteiger partial charge is 0.465 e. The molecule has 4 aromatic rings. The number of carbonyl (C=O) groups excluding carboxylic acids is 2. The highest BCUT2D eigenvalue weighted by Gasteiger charge is 2.32. The molecule has 10 heteroatoms. The van der Waals surface area contributed by atoms with Crippen LogP contribution in [0.1, 0.15) is 59.7 Å². The Balaban J connectivity index is 1.65. The molecule has 1 amide bonds. The molecule has 1 aliphatic rings. The van der Waals surface area contributed by atoms with E-state index in [1.807, 2.05) is 37.6 Å². The Hall–Kier alpha value is -4.31. The van der Waals surface area contributed by atoms with Gasteiger partial charge in [-0.2, -0.15) is 0 Å². The third kappa shape index (κ3) is 5.02. The normalized spacial score (nSPS) is 13.4. The number of hydrogen-bond donors (Lipinski definition) is 1. The fourth-order valence-corrected chi connectivity index (χ4v) is 5.92. The van der Waals surface area contributed by atoms with E-state index in [0.29, 0.717) is 40.1 Å². The Morgan fingerprint density at radius 1 is 0.975 bits per heavy atom. The minimum atomic E-state index is -4.21. The number of nitrogens with one attached hydrogen (secondary N) is 1. The van der Waals surface area contributed by atoms with Crippen molar-refractivity contribution in [2.45, 2.75) is 44.0 Å². The van der Waals surface area contributed by atoms with E-state index in [1.165, 1.54) is 19.2 Å². The summed E-state index contributed by atoms with van der Waals surface area (Å²) in [5.74, 6) is -1.28. The summed E-state index contributed by atoms with van der Waals surface area (Å²) in [4.78, 5) is 26.6. The molecule has 1 atom stereocenters. The minimum absolute atomic E-state index is 0.0275. The number of hydrogen-bond acceptors (Lipinski definition) is 7. The number of esters is 1. The highest BCUT2D eigenvalue weighted by Crippen LogP contribution is 2.39. The zero-order valence-electron chi connectivity index (χ0n) is 22.6. The monoisotopic (exact) mass is 562 g/mol. The van der Waals surface area contributed by atoms with Crippen LogP contribution in [0.2, 0.25) is 0 Å². The first kappa shape index (κ1) is 27.3. The number of carbonyl (C=O) groups is 2. The Labute approximate surface area is 232 Å². The number of aromatic nitrogens is 1. The van der Waals surface area contributed by atoms with Gasteiger partial charge in [-0.1, -0.05) is 32.0 Å². The van der Waals surface area contributed by atoms with Crippen molar-refractivity contribution in [1.82, 2.24) is 9.29 Å². The van der Waals surface area contributed by atoms with Crippen molar-refractivity contribution in [1.29, 1.82) is 0 Å². The molecule has 0 aliphatic carbocycles. The Morgan fingerprint density at radius 2 is 1.68 bits per heavy atom. The highest BCUT2D eigenvalue weighted by molar-refractivity contribution is 7.90. The molecule has 0 bridgehead atoms. The van der Waals surface area contributed by atoms with Crippen LogP contribution >= 0.6 is 0 Å². The van der Waals surface area contributed by atoms with Gasteiger partial charge < -0.3 is 18.8 Å². The van der Waals surface area contributed by atoms with E-state index < -0.39 is 27.8 Å². The number of methoxy groups -OCH3 is 1. The Kier molecular flexibility index (Phi) is 7.29. The zero-order valence-corrected chi connectivity index (χ0v) is 23.4. The fraction of sp³-hybridized carbons (Fsp3) is 0.267. The second-order valence-corrected chi connectivity index (χ2v) is 11.5. The molecule has 40 heavy (non-hydrogen) atoms. The van der Waals surface area contributed by atoms with Gasteiger partial charge in [-0.05, 0) is 72.0 Å². The highest BCUT2D eigenvalue weighted by atomic mass is 32.2. The van der Waals surface area contributed by atoms with E-state index in [2.05, 4.69) is 4.72 Å². The number of ether oxygens (including phenoxy) is 3. The van der Waals surface area contributed by atoms with Crippen LogP contribution in [0.3, 0.4) is 0 Å². The van der Waals surface area contributed by atoms with Crippen LogP contribution < -0.4 is 14.2 Å². The number of fused-ring (bicyclic) bond motifs is 2. The number of rotatable bonds is 8. The third-order valence-corrected chi connectivity index (χ3v) is 8.44. The molecule has 1 aliphatic heterocycles. The summed E-state index contributed by atoms with van der Waals surface area (Å²) < 4.78 is 46.9. The fourth-order valence-electron chi connectivity index (χ4n) is 4.92. The number of amides is 1. The van der Waals surface area contributed by atoms with E-state index >= 15 is 0 Å². The molecule has 1 N–H and O–H groups in total. The lowest BCUT2D eigenvalue weighted by molar-refractivity contribution is -0.119. The number of aryl methyl sites for hydroxylation is 1. The maximum Gasteiger partial charge on any atom is 0.337 e. The smallest absolute Gasteiger partial charge is 0.337 e. The van der Waals surface area contributed by atoms with E-state index in [9.17, 15) is 18.0 Å². The van der Waals surface area contributed by atoms with Crippen LogP contribution in [0.4, 0.5) is 0 Å². The summed E-state index contributed by atoms with van der Waals surface area (Å²) in [6, 6.07) is 16.6. The molecular formula is C30H30N2O7S. The lowest BCUT2D eigenvalue weighted by Crippen LogP contribution is -2.35. The van der Waals surface area contributed by atoms with Gasteiger partial charge in [0, 0.05) is 23.6 Å². The Bertz CT molecular complexity index is 1710. The van der Waals surface area contributed by atoms with Crippen molar-refractivity contribution in [3.8, 4) is 11.5 Å². The molecule has 2 heterocycles. The van der Waals surface area contributed by atoms with Gasteiger partial charge in [0.2, 0.25) is 12.7 Å². The number of sulfonamides is 1. The number of benzene rings is 3. The minimum Gasteiger partial charge on any atom is -0.465 e. The second-order valence-electron chi connectivity index (χ2n) is 9.83. The molecule has 5 rings (SSSR count). The maximum atomic E-state index is 14.0. The molecule has 3 aromatic carbocycles. The molecule has 0 saturated carbocycles. The molecule has 1 aromatic heterocycles. The molecule has 1 unspecified atom stereocenters. The van der Waals surface area contributed by atoms with Crippen molar-refractivity contribution in [3.63, 3.8) is 0 Å². The average Bonchev–Trinajstić information content (AvgIpc) is 3.59. The van der Waals surface area contributed by atoms with E-state index in [4.69, 9.17) is 14.2 Å². The Morgan fingerprint density at radius 3 is 2.35 bits per heavy atom. The van der Waals surface area contributed by atoms with E-state index in [0.717, 1.165) is 5.56 Å². The molecule has 0 radical (unpaired) electrons. The van der Waals surface area contributed by atoms with Gasteiger partial charge >= 0.3 is 5.97 Å². The lowest BCUT2D eigenvalue weighted by atomic mass is 9.87. The first-order valence-corrected chi connectivity index (χ1v) is 14.4. The van der Waals surface area contributed by atoms with Gasteiger partial charge in [0.05, 0.1) is 23.5 Å². The van der Waals surface area contributed by atoms with Gasteiger partial charge in [-0.25, -0.2) is 17.9 Å². The van der Waals surface area contributed by atoms with Crippen LogP contribution in [0.5, 0.6) is 11.5 Å². The van der Waals surface area contributed by atoms with Gasteiger partial charge in [-0.15, -0.1) is 0 Å². The molecule has 0 spiro atoms. The van der Waals surface area contributed by atoms with Crippen molar-refractivity contribution in [2.24, 2.45) is 0 Å². The zero-order chi connectivity index (χ0) is 28.6. The molecule has 9 nitrogen and oxygen atoms in total. The first-order valence-electron chi connectivity index (χ1n) is 12.9. The third-order valence-electron chi connectivity index (χ3n) is 7.08. The van der Waals surface area contributed by atoms with Crippen LogP contribution in [0.15, 0.2) is 71.8 Å². The molecule has 0 saturated heterocycles. The summed E-state index contributed by atoms with van der Waals surface area (Å²) >= 11 is 0. The quantitative estimate of drug-likeness (QED) is 0.303. The van der Waals surface area contributed by atoms with Crippen LogP contribution in [0, 0.1) is 0 Å². The summed E-state index contributed by atoms with van der Waals surface area (Å²) in [6.45, 7) is 6.64. The summed E-state index contributed by atoms with van der Waals surface area (Å²) in [7, 11) is -2.93. The summed E-state index contributed by atoms with van der Waals surface area (Å²) in [5.41, 5.74) is 2.85. The topological polar surface area (TPSA) is 113 Å². The van der Waals surface area contributed by atoms with Crippen LogP contribution in [0.25, 0.3) is 10.9 Å². The van der Waals surface area contributed by atoms with Crippen molar-refractivity contribution in [3.05, 3.63) is 89.1 Å². The standard InChI is InChI=1S/C30H30N2O7S/c1-5-32-13-12-23-24(14-21(15-25(23)32)30(34)37-4)28(20-8-11-26-27(16-20)39-17-38-26)29(33)31-40(35,36)22-9-6-19(7-10-22)18(2)3/h6-16,18,28H,5,17H2,1-4H3,(H,31,33). The van der Waals surface area contributed by atoms with Crippen LogP contribution in [-0.4, -0.2) is 38.8 Å². The summed E-state index contributed by atoms with van der Waals surface area (Å²) in [6.07, 6.45) is 1.86. The van der Waals surface area contributed by atoms with Gasteiger partial charge in [0.1, 0.15) is 0 Å². The van der Waals surface area contributed by atoms with Gasteiger partial charge in [0.25, 0.3) is 10.0 Å². The van der Waals surface area contributed by atoms with Crippen molar-refractivity contribution >= 4 is 32.8 Å². The molecule has 0 fully saturated rings. The predicted octanol–water partition coefficient (Wildman–Crippen LogP) is 4.94. The van der Waals surface area contributed by atoms with Crippen molar-refractivity contribution in [2.75, 3.05) is 13.9 Å². The van der Waals surface area contributed by atoms with Crippen molar-refractivity contribution < 1.29 is 32.2 Å². The lowest BCUT2D eigenvalue weighted by Gasteiger charge is -2.20. The number of nitrogens with zero attached hydrogens (tertiary/aromatic N) is 1. The maximum absolute atomic E-state index is 14.0. The van der Waals surface area contributed by atoms with Gasteiger partial charge in [0.15, 0.2) is 11.5 Å². The van der Waals surface area contributed by atoms with Crippen LogP contribution in [-0.2, 0) is 26.1 Å². The van der Waals surface area contributed by atoms with E-state index in [-0.39, 0.29) is 23.2 Å². The van der Waals surface area contributed by atoms with E-state index in [1.54, 1.807) is 42.5 Å². The first-order chi connectivity index (χ1) is 19.1. The average molecular weight is 563 g/mol. The second kappa shape index (κ2) is 10.7. The molecular weight excluding hydrogens is 532 g/mol. The van der Waals surface area contributed by atoms with Gasteiger partial charge in [-0.3, -0.25) is 4.79 Å². The SMILES string of the molecule is CCn1ccc2c(C(C(=O)NS(=O)(=O)c3ccc(C(C)C)cc3)c3ccc4c(c3)OCO4)cc(C(=O)OC)cc21. The predicted molar refractivity (Wildman–Crippen MR) is 149 cm³/mol. The summed E-state index contributed by atoms with van der Waals surface area (Å²) in [5, 5.41) is 0.700. The molecule has 208 valence electrons.